The fourth-order valence-corrected chi connectivity index (χ4v) is 4.05. The predicted octanol–water partition coefficient (Wildman–Crippen LogP) is 4.27. The lowest BCUT2D eigenvalue weighted by atomic mass is 9.84. The van der Waals surface area contributed by atoms with E-state index < -0.39 is 47.3 Å². The van der Waals surface area contributed by atoms with Crippen LogP contribution in [0, 0.1) is 18.6 Å². The molecule has 3 rings (SSSR count). The van der Waals surface area contributed by atoms with Crippen LogP contribution in [0.25, 0.3) is 0 Å². The monoisotopic (exact) mass is 514 g/mol. The van der Waals surface area contributed by atoms with Crippen molar-refractivity contribution in [1.29, 1.82) is 0 Å². The maximum atomic E-state index is 13.9. The molecule has 0 spiro atoms. The molecule has 3 atom stereocenters. The van der Waals surface area contributed by atoms with Gasteiger partial charge < -0.3 is 24.6 Å². The largest absolute Gasteiger partial charge is 0.503 e. The molecule has 196 valence electrons. The SMILES string of the molecule is COc1cc(F)ccc1[C@@H](c1ccc(F)cc1C)[C@H](C)OC(=O)[C@H](C)NC(=O)c1nccc(OC)c1O. The number of carbonyl (C=O) groups is 2. The van der Waals surface area contributed by atoms with Gasteiger partial charge in [-0.3, -0.25) is 4.79 Å². The topological polar surface area (TPSA) is 107 Å². The van der Waals surface area contributed by atoms with Crippen LogP contribution in [-0.2, 0) is 9.53 Å². The number of aromatic hydroxyl groups is 1. The molecule has 0 saturated carbocycles. The van der Waals surface area contributed by atoms with Gasteiger partial charge in [0.1, 0.15) is 29.5 Å². The number of ether oxygens (including phenoxy) is 3. The van der Waals surface area contributed by atoms with Gasteiger partial charge in [-0.1, -0.05) is 12.1 Å². The molecular formula is C27H28F2N2O6. The lowest BCUT2D eigenvalue weighted by molar-refractivity contribution is -0.150. The number of halogens is 2. The summed E-state index contributed by atoms with van der Waals surface area (Å²) in [4.78, 5) is 29.4. The molecule has 0 aliphatic carbocycles. The molecule has 2 aromatic carbocycles. The summed E-state index contributed by atoms with van der Waals surface area (Å²) in [5.41, 5.74) is 1.46. The van der Waals surface area contributed by atoms with Crippen molar-refractivity contribution in [3.63, 3.8) is 0 Å². The fourth-order valence-electron chi connectivity index (χ4n) is 4.05. The first-order valence-electron chi connectivity index (χ1n) is 11.4. The summed E-state index contributed by atoms with van der Waals surface area (Å²) in [7, 11) is 2.72. The van der Waals surface area contributed by atoms with Crippen LogP contribution in [0.1, 0.15) is 46.9 Å². The van der Waals surface area contributed by atoms with Gasteiger partial charge in [0.2, 0.25) is 0 Å². The van der Waals surface area contributed by atoms with Gasteiger partial charge in [0.05, 0.1) is 14.2 Å². The number of nitrogens with zero attached hydrogens (tertiary/aromatic N) is 1. The minimum Gasteiger partial charge on any atom is -0.503 e. The second-order valence-corrected chi connectivity index (χ2v) is 8.41. The van der Waals surface area contributed by atoms with Gasteiger partial charge in [-0.15, -0.1) is 0 Å². The van der Waals surface area contributed by atoms with E-state index in [1.807, 2.05) is 0 Å². The van der Waals surface area contributed by atoms with Gasteiger partial charge >= 0.3 is 5.97 Å². The van der Waals surface area contributed by atoms with Crippen molar-refractivity contribution in [2.45, 2.75) is 38.8 Å². The summed E-state index contributed by atoms with van der Waals surface area (Å²) in [5, 5.41) is 12.6. The number of esters is 1. The number of rotatable bonds is 9. The maximum Gasteiger partial charge on any atom is 0.328 e. The average Bonchev–Trinajstić information content (AvgIpc) is 2.86. The third kappa shape index (κ3) is 6.14. The van der Waals surface area contributed by atoms with Crippen molar-refractivity contribution in [2.24, 2.45) is 0 Å². The number of carbonyl (C=O) groups excluding carboxylic acids is 2. The van der Waals surface area contributed by atoms with Gasteiger partial charge in [0.25, 0.3) is 5.91 Å². The maximum absolute atomic E-state index is 13.9. The first-order valence-corrected chi connectivity index (χ1v) is 11.4. The zero-order chi connectivity index (χ0) is 27.3. The number of hydrogen-bond donors (Lipinski definition) is 2. The lowest BCUT2D eigenvalue weighted by Crippen LogP contribution is -2.41. The smallest absolute Gasteiger partial charge is 0.328 e. The van der Waals surface area contributed by atoms with Crippen molar-refractivity contribution >= 4 is 11.9 Å². The highest BCUT2D eigenvalue weighted by atomic mass is 19.1. The number of aryl methyl sites for hydroxylation is 1. The minimum absolute atomic E-state index is 0.0507. The summed E-state index contributed by atoms with van der Waals surface area (Å²) >= 11 is 0. The number of nitrogens with one attached hydrogen (secondary N) is 1. The molecule has 1 heterocycles. The average molecular weight is 515 g/mol. The molecule has 3 aromatic rings. The van der Waals surface area contributed by atoms with Crippen LogP contribution in [0.5, 0.6) is 17.2 Å². The Morgan fingerprint density at radius 2 is 1.57 bits per heavy atom. The summed E-state index contributed by atoms with van der Waals surface area (Å²) in [5.74, 6) is -3.34. The van der Waals surface area contributed by atoms with Gasteiger partial charge in [0.15, 0.2) is 17.2 Å². The Bertz CT molecular complexity index is 1300. The van der Waals surface area contributed by atoms with Crippen LogP contribution in [0.4, 0.5) is 8.78 Å². The molecule has 1 aromatic heterocycles. The highest BCUT2D eigenvalue weighted by Gasteiger charge is 2.31. The molecular weight excluding hydrogens is 486 g/mol. The highest BCUT2D eigenvalue weighted by Crippen LogP contribution is 2.38. The van der Waals surface area contributed by atoms with E-state index in [9.17, 15) is 23.5 Å². The molecule has 0 unspecified atom stereocenters. The Morgan fingerprint density at radius 3 is 2.19 bits per heavy atom. The van der Waals surface area contributed by atoms with E-state index in [1.165, 1.54) is 63.7 Å². The van der Waals surface area contributed by atoms with Gasteiger partial charge in [-0.05, 0) is 50.1 Å². The van der Waals surface area contributed by atoms with E-state index in [-0.39, 0.29) is 17.2 Å². The van der Waals surface area contributed by atoms with E-state index in [0.29, 0.717) is 16.7 Å². The Balaban J connectivity index is 1.87. The number of hydrogen-bond acceptors (Lipinski definition) is 7. The second-order valence-electron chi connectivity index (χ2n) is 8.41. The highest BCUT2D eigenvalue weighted by molar-refractivity contribution is 5.97. The van der Waals surface area contributed by atoms with Gasteiger partial charge in [-0.25, -0.2) is 18.6 Å². The molecule has 0 aliphatic heterocycles. The van der Waals surface area contributed by atoms with Crippen molar-refractivity contribution in [3.8, 4) is 17.2 Å². The summed E-state index contributed by atoms with van der Waals surface area (Å²) < 4.78 is 43.8. The molecule has 0 saturated heterocycles. The third-order valence-corrected chi connectivity index (χ3v) is 5.89. The molecule has 2 N–H and O–H groups in total. The van der Waals surface area contributed by atoms with Crippen molar-refractivity contribution in [2.75, 3.05) is 14.2 Å². The zero-order valence-electron chi connectivity index (χ0n) is 21.0. The van der Waals surface area contributed by atoms with Crippen molar-refractivity contribution < 1.29 is 37.7 Å². The van der Waals surface area contributed by atoms with Crippen molar-refractivity contribution in [3.05, 3.63) is 82.7 Å². The molecule has 8 nitrogen and oxygen atoms in total. The van der Waals surface area contributed by atoms with Crippen LogP contribution in [-0.4, -0.2) is 48.3 Å². The first-order chi connectivity index (χ1) is 17.6. The molecule has 0 bridgehead atoms. The standard InChI is InChI=1S/C27H28F2N2O6/c1-14-12-17(28)6-8-19(14)23(20-9-7-18(29)13-22(20)36-5)16(3)37-27(34)15(2)31-26(33)24-25(32)21(35-4)10-11-30-24/h6-13,15-16,23,32H,1-5H3,(H,31,33)/t15-,16-,23+/m0/s1. The number of benzene rings is 2. The molecule has 37 heavy (non-hydrogen) atoms. The van der Waals surface area contributed by atoms with Crippen LogP contribution in [0.3, 0.4) is 0 Å². The van der Waals surface area contributed by atoms with Crippen LogP contribution < -0.4 is 14.8 Å². The molecule has 10 heteroatoms. The van der Waals surface area contributed by atoms with E-state index in [2.05, 4.69) is 10.3 Å². The van der Waals surface area contributed by atoms with E-state index >= 15 is 0 Å². The number of methoxy groups -OCH3 is 2. The van der Waals surface area contributed by atoms with E-state index in [4.69, 9.17) is 14.2 Å². The normalized spacial score (nSPS) is 13.3. The van der Waals surface area contributed by atoms with Crippen LogP contribution in [0.15, 0.2) is 48.7 Å². The molecule has 0 fully saturated rings. The van der Waals surface area contributed by atoms with Crippen LogP contribution >= 0.6 is 0 Å². The molecule has 0 aliphatic rings. The number of amides is 1. The Kier molecular flexibility index (Phi) is 8.65. The summed E-state index contributed by atoms with van der Waals surface area (Å²) in [6.45, 7) is 4.77. The quantitative estimate of drug-likeness (QED) is 0.411. The van der Waals surface area contributed by atoms with E-state index in [0.717, 1.165) is 0 Å². The lowest BCUT2D eigenvalue weighted by Gasteiger charge is -2.28. The Hall–Kier alpha value is -4.21. The minimum atomic E-state index is -1.12. The van der Waals surface area contributed by atoms with Gasteiger partial charge in [0, 0.05) is 29.8 Å². The molecule has 0 radical (unpaired) electrons. The Morgan fingerprint density at radius 1 is 0.946 bits per heavy atom. The van der Waals surface area contributed by atoms with E-state index in [1.54, 1.807) is 19.9 Å². The fraction of sp³-hybridized carbons (Fsp3) is 0.296. The number of aromatic nitrogens is 1. The third-order valence-electron chi connectivity index (χ3n) is 5.89. The summed E-state index contributed by atoms with van der Waals surface area (Å²) in [6, 6.07) is 8.47. The predicted molar refractivity (Wildman–Crippen MR) is 131 cm³/mol. The van der Waals surface area contributed by atoms with Gasteiger partial charge in [-0.2, -0.15) is 0 Å². The second kappa shape index (κ2) is 11.7. The van der Waals surface area contributed by atoms with Crippen molar-refractivity contribution in [1.82, 2.24) is 10.3 Å². The Labute approximate surface area is 213 Å². The summed E-state index contributed by atoms with van der Waals surface area (Å²) in [6.07, 6.45) is 0.447. The first kappa shape index (κ1) is 27.4. The van der Waals surface area contributed by atoms with Crippen LogP contribution in [0.2, 0.25) is 0 Å². The number of pyridine rings is 1. The molecule has 1 amide bonds. The zero-order valence-corrected chi connectivity index (χ0v) is 21.0.